The molecule has 2 amide bonds. The maximum Gasteiger partial charge on any atom is 0.416 e. The Morgan fingerprint density at radius 2 is 1.76 bits per heavy atom. The van der Waals surface area contributed by atoms with Crippen molar-refractivity contribution in [3.05, 3.63) is 83.6 Å². The van der Waals surface area contributed by atoms with E-state index in [1.807, 2.05) is 11.9 Å². The number of carbonyl (C=O) groups excluding carboxylic acids is 2. The van der Waals surface area contributed by atoms with Gasteiger partial charge in [0.2, 0.25) is 17.7 Å². The monoisotopic (exact) mass is 578 g/mol. The lowest BCUT2D eigenvalue weighted by molar-refractivity contribution is -0.138. The van der Waals surface area contributed by atoms with Gasteiger partial charge in [0.05, 0.1) is 5.56 Å². The van der Waals surface area contributed by atoms with E-state index in [0.29, 0.717) is 35.2 Å². The van der Waals surface area contributed by atoms with Crippen LogP contribution in [0.15, 0.2) is 66.9 Å². The van der Waals surface area contributed by atoms with Gasteiger partial charge in [-0.2, -0.15) is 18.2 Å². The summed E-state index contributed by atoms with van der Waals surface area (Å²) in [5.74, 6) is -0.123. The summed E-state index contributed by atoms with van der Waals surface area (Å²) in [4.78, 5) is 36.7. The Kier molecular flexibility index (Phi) is 8.36. The van der Waals surface area contributed by atoms with E-state index in [0.717, 1.165) is 19.2 Å². The zero-order chi connectivity index (χ0) is 29.9. The van der Waals surface area contributed by atoms with Gasteiger partial charge in [-0.25, -0.2) is 4.98 Å². The Balaban J connectivity index is 1.34. The van der Waals surface area contributed by atoms with Crippen molar-refractivity contribution in [2.24, 2.45) is 0 Å². The number of amides is 2. The van der Waals surface area contributed by atoms with E-state index in [2.05, 4.69) is 25.5 Å². The van der Waals surface area contributed by atoms with E-state index in [9.17, 15) is 22.8 Å². The normalized spacial score (nSPS) is 14.5. The van der Waals surface area contributed by atoms with Gasteiger partial charge in [-0.3, -0.25) is 19.8 Å². The van der Waals surface area contributed by atoms with E-state index in [1.54, 1.807) is 36.4 Å². The average Bonchev–Trinajstić information content (AvgIpc) is 2.94. The second kappa shape index (κ2) is 12.1. The van der Waals surface area contributed by atoms with E-state index in [4.69, 9.17) is 4.74 Å². The van der Waals surface area contributed by atoms with Gasteiger partial charge in [0.1, 0.15) is 5.75 Å². The minimum absolute atomic E-state index is 0.0603. The minimum Gasteiger partial charge on any atom is -0.439 e. The molecule has 9 nitrogen and oxygen atoms in total. The van der Waals surface area contributed by atoms with Crippen LogP contribution in [-0.4, -0.2) is 64.8 Å². The van der Waals surface area contributed by atoms with Crippen molar-refractivity contribution in [3.8, 4) is 11.6 Å². The van der Waals surface area contributed by atoms with Crippen LogP contribution < -0.4 is 15.4 Å². The van der Waals surface area contributed by atoms with E-state index >= 15 is 0 Å². The van der Waals surface area contributed by atoms with Crippen LogP contribution in [0.2, 0.25) is 0 Å². The lowest BCUT2D eigenvalue weighted by atomic mass is 10.0. The number of anilines is 2. The molecule has 5 rings (SSSR count). The topological polar surface area (TPSA) is 99.7 Å². The number of benzene rings is 3. The molecule has 218 valence electrons. The number of aromatic nitrogens is 2. The molecule has 0 atom stereocenters. The number of piperazine rings is 1. The Morgan fingerprint density at radius 3 is 2.50 bits per heavy atom. The number of fused-ring (bicyclic) bond motifs is 1. The van der Waals surface area contributed by atoms with Gasteiger partial charge in [-0.15, -0.1) is 0 Å². The number of rotatable bonds is 7. The summed E-state index contributed by atoms with van der Waals surface area (Å²) in [6.07, 6.45) is -3.12. The summed E-state index contributed by atoms with van der Waals surface area (Å²) in [5.41, 5.74) is -0.227. The second-order valence-electron chi connectivity index (χ2n) is 10.1. The molecule has 2 N–H and O–H groups in total. The third-order valence-corrected chi connectivity index (χ3v) is 6.90. The predicted molar refractivity (Wildman–Crippen MR) is 153 cm³/mol. The largest absolute Gasteiger partial charge is 0.439 e. The predicted octanol–water partition coefficient (Wildman–Crippen LogP) is 5.40. The molecule has 42 heavy (non-hydrogen) atoms. The lowest BCUT2D eigenvalue weighted by Crippen LogP contribution is -2.44. The first-order valence-corrected chi connectivity index (χ1v) is 13.3. The third kappa shape index (κ3) is 7.01. The summed E-state index contributed by atoms with van der Waals surface area (Å²) in [6.45, 7) is 4.51. The molecule has 1 aliphatic heterocycles. The first kappa shape index (κ1) is 29.0. The van der Waals surface area contributed by atoms with Crippen LogP contribution in [0.4, 0.5) is 24.8 Å². The SMILES string of the molecule is CC(=O)Nc1nccc(Oc2ccc3c(C(=O)Nc4ccc(CN5CCN(C)CC5)c(C(F)(F)F)c4)cccc3c2)n1. The standard InChI is InChI=1S/C30H29F3N6O3/c1-19(40)35-29-34-11-10-27(37-29)42-23-8-9-24-20(16-23)4-3-5-25(24)28(41)36-22-7-6-21(26(17-22)30(31,32)33)18-39-14-12-38(2)13-15-39/h3-11,16-17H,12-15,18H2,1-2H3,(H,36,41)(H,34,35,37,40). The number of alkyl halides is 3. The molecule has 12 heteroatoms. The number of hydrogen-bond acceptors (Lipinski definition) is 7. The first-order valence-electron chi connectivity index (χ1n) is 13.3. The number of halogens is 3. The van der Waals surface area contributed by atoms with Crippen LogP contribution in [-0.2, 0) is 17.5 Å². The van der Waals surface area contributed by atoms with Crippen molar-refractivity contribution >= 4 is 34.2 Å². The molecule has 0 aliphatic carbocycles. The van der Waals surface area contributed by atoms with Crippen molar-refractivity contribution in [1.29, 1.82) is 0 Å². The highest BCUT2D eigenvalue weighted by atomic mass is 19.4. The fraction of sp³-hybridized carbons (Fsp3) is 0.267. The quantitative estimate of drug-likeness (QED) is 0.303. The average molecular weight is 579 g/mol. The number of hydrogen-bond donors (Lipinski definition) is 2. The molecule has 0 spiro atoms. The number of nitrogens with one attached hydrogen (secondary N) is 2. The maximum atomic E-state index is 14.0. The molecule has 2 heterocycles. The van der Waals surface area contributed by atoms with Crippen LogP contribution >= 0.6 is 0 Å². The van der Waals surface area contributed by atoms with Crippen LogP contribution in [0.5, 0.6) is 11.6 Å². The van der Waals surface area contributed by atoms with E-state index in [1.165, 1.54) is 31.3 Å². The Labute approximate surface area is 240 Å². The summed E-state index contributed by atoms with van der Waals surface area (Å²) < 4.78 is 47.8. The molecule has 0 unspecified atom stereocenters. The van der Waals surface area contributed by atoms with Gasteiger partial charge < -0.3 is 15.0 Å². The van der Waals surface area contributed by atoms with Crippen molar-refractivity contribution in [2.75, 3.05) is 43.9 Å². The van der Waals surface area contributed by atoms with Crippen LogP contribution in [0.3, 0.4) is 0 Å². The van der Waals surface area contributed by atoms with Crippen LogP contribution in [0.25, 0.3) is 10.8 Å². The minimum atomic E-state index is -4.56. The molecule has 1 fully saturated rings. The van der Waals surface area contributed by atoms with Gasteiger partial charge in [-0.05, 0) is 59.8 Å². The second-order valence-corrected chi connectivity index (χ2v) is 10.1. The Bertz CT molecular complexity index is 1620. The first-order chi connectivity index (χ1) is 20.0. The van der Waals surface area contributed by atoms with Crippen molar-refractivity contribution < 1.29 is 27.5 Å². The lowest BCUT2D eigenvalue weighted by Gasteiger charge is -2.33. The van der Waals surface area contributed by atoms with Crippen LogP contribution in [0, 0.1) is 0 Å². The number of carbonyl (C=O) groups is 2. The summed E-state index contributed by atoms with van der Waals surface area (Å²) in [6, 6.07) is 15.6. The van der Waals surface area contributed by atoms with E-state index < -0.39 is 17.6 Å². The third-order valence-electron chi connectivity index (χ3n) is 6.90. The summed E-state index contributed by atoms with van der Waals surface area (Å²) >= 11 is 0. The van der Waals surface area contributed by atoms with Gasteiger partial charge in [0.25, 0.3) is 5.91 Å². The van der Waals surface area contributed by atoms with Crippen molar-refractivity contribution in [3.63, 3.8) is 0 Å². The molecule has 1 aliphatic rings. The highest BCUT2D eigenvalue weighted by Gasteiger charge is 2.34. The van der Waals surface area contributed by atoms with Gasteiger partial charge >= 0.3 is 6.18 Å². The van der Waals surface area contributed by atoms with Gasteiger partial charge in [0.15, 0.2) is 0 Å². The fourth-order valence-corrected chi connectivity index (χ4v) is 4.76. The fourth-order valence-electron chi connectivity index (χ4n) is 4.76. The maximum absolute atomic E-state index is 14.0. The van der Waals surface area contributed by atoms with Crippen LogP contribution in [0.1, 0.15) is 28.4 Å². The molecule has 3 aromatic carbocycles. The zero-order valence-electron chi connectivity index (χ0n) is 23.0. The van der Waals surface area contributed by atoms with Crippen molar-refractivity contribution in [1.82, 2.24) is 19.8 Å². The van der Waals surface area contributed by atoms with E-state index in [-0.39, 0.29) is 35.5 Å². The molecular weight excluding hydrogens is 549 g/mol. The number of nitrogens with zero attached hydrogens (tertiary/aromatic N) is 4. The zero-order valence-corrected chi connectivity index (χ0v) is 23.0. The number of likely N-dealkylation sites (N-methyl/N-ethyl adjacent to an activating group) is 1. The van der Waals surface area contributed by atoms with Gasteiger partial charge in [-0.1, -0.05) is 18.2 Å². The van der Waals surface area contributed by atoms with Gasteiger partial charge in [0, 0.05) is 63.2 Å². The molecule has 4 aromatic rings. The molecule has 1 aromatic heterocycles. The molecule has 1 saturated heterocycles. The highest BCUT2D eigenvalue weighted by molar-refractivity contribution is 6.13. The number of ether oxygens (including phenoxy) is 1. The molecular formula is C30H29F3N6O3. The Hall–Kier alpha value is -4.55. The Morgan fingerprint density at radius 1 is 0.976 bits per heavy atom. The molecule has 0 bridgehead atoms. The summed E-state index contributed by atoms with van der Waals surface area (Å²) in [7, 11) is 1.99. The highest BCUT2D eigenvalue weighted by Crippen LogP contribution is 2.35. The van der Waals surface area contributed by atoms with Crippen molar-refractivity contribution in [2.45, 2.75) is 19.6 Å². The molecule has 0 radical (unpaired) electrons. The smallest absolute Gasteiger partial charge is 0.416 e. The summed E-state index contributed by atoms with van der Waals surface area (Å²) in [5, 5.41) is 6.38. The molecule has 0 saturated carbocycles.